The smallest absolute Gasteiger partial charge is 0.249 e. The first-order valence-corrected chi connectivity index (χ1v) is 8.71. The van der Waals surface area contributed by atoms with Gasteiger partial charge in [-0.25, -0.2) is 8.42 Å². The summed E-state index contributed by atoms with van der Waals surface area (Å²) in [5, 5.41) is 2.79. The fourth-order valence-electron chi connectivity index (χ4n) is 2.23. The molecule has 3 N–H and O–H groups in total. The van der Waals surface area contributed by atoms with Crippen LogP contribution in [0.2, 0.25) is 0 Å². The summed E-state index contributed by atoms with van der Waals surface area (Å²) in [5.74, 6) is -0.155. The van der Waals surface area contributed by atoms with Crippen molar-refractivity contribution in [3.05, 3.63) is 29.8 Å². The molecular weight excluding hydrogens is 292 g/mol. The van der Waals surface area contributed by atoms with E-state index in [1.54, 1.807) is 12.1 Å². The van der Waals surface area contributed by atoms with Gasteiger partial charge in [-0.15, -0.1) is 0 Å². The summed E-state index contributed by atoms with van der Waals surface area (Å²) >= 11 is 0. The van der Waals surface area contributed by atoms with Gasteiger partial charge in [0.25, 0.3) is 0 Å². The van der Waals surface area contributed by atoms with Gasteiger partial charge in [-0.05, 0) is 30.5 Å². The highest BCUT2D eigenvalue weighted by molar-refractivity contribution is 7.90. The summed E-state index contributed by atoms with van der Waals surface area (Å²) in [4.78, 5) is 12.2. The minimum absolute atomic E-state index is 0.0326. The van der Waals surface area contributed by atoms with Gasteiger partial charge in [0.2, 0.25) is 5.91 Å². The van der Waals surface area contributed by atoms with Crippen molar-refractivity contribution in [2.24, 2.45) is 5.73 Å². The zero-order valence-corrected chi connectivity index (χ0v) is 12.7. The van der Waals surface area contributed by atoms with E-state index in [1.807, 2.05) is 0 Å². The third kappa shape index (κ3) is 4.26. The van der Waals surface area contributed by atoms with Gasteiger partial charge < -0.3 is 15.8 Å². The summed E-state index contributed by atoms with van der Waals surface area (Å²) in [6, 6.07) is 6.45. The zero-order valence-electron chi connectivity index (χ0n) is 11.9. The lowest BCUT2D eigenvalue weighted by Gasteiger charge is -2.12. The molecule has 1 aliphatic rings. The highest BCUT2D eigenvalue weighted by Gasteiger charge is 2.29. The molecule has 2 atom stereocenters. The molecule has 2 unspecified atom stereocenters. The van der Waals surface area contributed by atoms with Crippen LogP contribution in [0.5, 0.6) is 0 Å². The van der Waals surface area contributed by atoms with Crippen molar-refractivity contribution in [2.75, 3.05) is 12.8 Å². The lowest BCUT2D eigenvalue weighted by molar-refractivity contribution is -0.132. The van der Waals surface area contributed by atoms with Crippen molar-refractivity contribution in [1.82, 2.24) is 5.32 Å². The van der Waals surface area contributed by atoms with Gasteiger partial charge in [-0.1, -0.05) is 12.1 Å². The molecule has 116 valence electrons. The first-order valence-electron chi connectivity index (χ1n) is 6.82. The number of carbonyl (C=O) groups is 1. The molecule has 0 saturated carbocycles. The van der Waals surface area contributed by atoms with Gasteiger partial charge in [0.15, 0.2) is 9.84 Å². The van der Waals surface area contributed by atoms with Crippen LogP contribution >= 0.6 is 0 Å². The fraction of sp³-hybridized carbons (Fsp3) is 0.500. The molecule has 1 aromatic rings. The van der Waals surface area contributed by atoms with E-state index in [4.69, 9.17) is 10.5 Å². The van der Waals surface area contributed by atoms with Crippen LogP contribution in [-0.4, -0.2) is 39.3 Å². The molecular formula is C14H20N2O4S. The van der Waals surface area contributed by atoms with Crippen molar-refractivity contribution in [3.63, 3.8) is 0 Å². The maximum Gasteiger partial charge on any atom is 0.249 e. The molecule has 0 aromatic heterocycles. The highest BCUT2D eigenvalue weighted by atomic mass is 32.2. The van der Waals surface area contributed by atoms with Crippen molar-refractivity contribution >= 4 is 15.7 Å². The number of hydrogen-bond acceptors (Lipinski definition) is 5. The van der Waals surface area contributed by atoms with Crippen LogP contribution in [-0.2, 0) is 25.9 Å². The molecule has 1 aliphatic heterocycles. The van der Waals surface area contributed by atoms with Crippen molar-refractivity contribution < 1.29 is 17.9 Å². The maximum atomic E-state index is 11.9. The summed E-state index contributed by atoms with van der Waals surface area (Å²) in [7, 11) is -3.19. The van der Waals surface area contributed by atoms with Crippen molar-refractivity contribution in [3.8, 4) is 0 Å². The number of benzene rings is 1. The molecule has 7 heteroatoms. The molecule has 0 radical (unpaired) electrons. The van der Waals surface area contributed by atoms with E-state index in [-0.39, 0.29) is 16.9 Å². The molecule has 1 saturated heterocycles. The standard InChI is InChI=1S/C14H20N2O4S/c1-21(18,19)12-5-2-10(3-6-12)9-16-14(17)13-7-4-11(8-15)20-13/h2-3,5-6,11,13H,4,7-9,15H2,1H3,(H,16,17). The molecule has 1 aromatic carbocycles. The minimum Gasteiger partial charge on any atom is -0.364 e. The number of ether oxygens (including phenoxy) is 1. The summed E-state index contributed by atoms with van der Waals surface area (Å²) in [5.41, 5.74) is 6.34. The van der Waals surface area contributed by atoms with Gasteiger partial charge in [0.05, 0.1) is 11.0 Å². The summed E-state index contributed by atoms with van der Waals surface area (Å²) < 4.78 is 28.2. The van der Waals surface area contributed by atoms with E-state index in [9.17, 15) is 13.2 Å². The normalized spacial score (nSPS) is 22.2. The quantitative estimate of drug-likeness (QED) is 0.810. The van der Waals surface area contributed by atoms with E-state index in [0.717, 1.165) is 18.2 Å². The second-order valence-corrected chi connectivity index (χ2v) is 7.21. The third-order valence-electron chi connectivity index (χ3n) is 3.48. The number of nitrogens with one attached hydrogen (secondary N) is 1. The first-order chi connectivity index (χ1) is 9.90. The van der Waals surface area contributed by atoms with Crippen LogP contribution in [0.1, 0.15) is 18.4 Å². The second-order valence-electron chi connectivity index (χ2n) is 5.19. The Morgan fingerprint density at radius 2 is 2.00 bits per heavy atom. The van der Waals surface area contributed by atoms with Gasteiger partial charge in [0.1, 0.15) is 6.10 Å². The van der Waals surface area contributed by atoms with Crippen LogP contribution in [0.4, 0.5) is 0 Å². The zero-order chi connectivity index (χ0) is 15.5. The highest BCUT2D eigenvalue weighted by Crippen LogP contribution is 2.19. The van der Waals surface area contributed by atoms with E-state index in [2.05, 4.69) is 5.32 Å². The average Bonchev–Trinajstić information content (AvgIpc) is 2.93. The Morgan fingerprint density at radius 3 is 2.52 bits per heavy atom. The van der Waals surface area contributed by atoms with Crippen LogP contribution in [0, 0.1) is 0 Å². The molecule has 0 bridgehead atoms. The molecule has 0 aliphatic carbocycles. The average molecular weight is 312 g/mol. The third-order valence-corrected chi connectivity index (χ3v) is 4.61. The van der Waals surface area contributed by atoms with Crippen molar-refractivity contribution in [1.29, 1.82) is 0 Å². The molecule has 1 heterocycles. The van der Waals surface area contributed by atoms with E-state index in [0.29, 0.717) is 19.5 Å². The van der Waals surface area contributed by atoms with Crippen LogP contribution in [0.3, 0.4) is 0 Å². The van der Waals surface area contributed by atoms with Crippen LogP contribution in [0.25, 0.3) is 0 Å². The number of hydrogen-bond donors (Lipinski definition) is 2. The van der Waals surface area contributed by atoms with E-state index >= 15 is 0 Å². The van der Waals surface area contributed by atoms with E-state index < -0.39 is 15.9 Å². The molecule has 21 heavy (non-hydrogen) atoms. The summed E-state index contributed by atoms with van der Waals surface area (Å²) in [6.07, 6.45) is 2.18. The first kappa shape index (κ1) is 15.9. The van der Waals surface area contributed by atoms with Gasteiger partial charge in [-0.2, -0.15) is 0 Å². The molecule has 1 amide bonds. The number of amides is 1. The Kier molecular flexibility index (Phi) is 4.97. The molecule has 1 fully saturated rings. The largest absolute Gasteiger partial charge is 0.364 e. The minimum atomic E-state index is -3.19. The van der Waals surface area contributed by atoms with Gasteiger partial charge in [-0.3, -0.25) is 4.79 Å². The SMILES string of the molecule is CS(=O)(=O)c1ccc(CNC(=O)C2CCC(CN)O2)cc1. The Hall–Kier alpha value is -1.44. The Bertz CT molecular complexity index is 598. The van der Waals surface area contributed by atoms with Gasteiger partial charge >= 0.3 is 0 Å². The number of sulfone groups is 1. The maximum absolute atomic E-state index is 11.9. The predicted molar refractivity (Wildman–Crippen MR) is 78.3 cm³/mol. The lowest BCUT2D eigenvalue weighted by Crippen LogP contribution is -2.35. The monoisotopic (exact) mass is 312 g/mol. The predicted octanol–water partition coefficient (Wildman–Crippen LogP) is 0.213. The lowest BCUT2D eigenvalue weighted by atomic mass is 10.2. The van der Waals surface area contributed by atoms with Gasteiger partial charge in [0, 0.05) is 19.3 Å². The van der Waals surface area contributed by atoms with Crippen LogP contribution < -0.4 is 11.1 Å². The topological polar surface area (TPSA) is 98.5 Å². The Balaban J connectivity index is 1.87. The van der Waals surface area contributed by atoms with Crippen LogP contribution in [0.15, 0.2) is 29.2 Å². The Labute approximate surface area is 124 Å². The number of carbonyl (C=O) groups excluding carboxylic acids is 1. The number of rotatable bonds is 5. The molecule has 0 spiro atoms. The molecule has 6 nitrogen and oxygen atoms in total. The van der Waals surface area contributed by atoms with E-state index in [1.165, 1.54) is 12.1 Å². The Morgan fingerprint density at radius 1 is 1.33 bits per heavy atom. The second kappa shape index (κ2) is 6.55. The fourth-order valence-corrected chi connectivity index (χ4v) is 2.86. The summed E-state index contributed by atoms with van der Waals surface area (Å²) in [6.45, 7) is 0.771. The number of nitrogens with two attached hydrogens (primary N) is 1. The molecule has 2 rings (SSSR count). The van der Waals surface area contributed by atoms with Crippen molar-refractivity contribution in [2.45, 2.75) is 36.5 Å².